The molecule has 0 radical (unpaired) electrons. The lowest BCUT2D eigenvalue weighted by Gasteiger charge is -2.34. The second-order valence-electron chi connectivity index (χ2n) is 8.33. The summed E-state index contributed by atoms with van der Waals surface area (Å²) in [6, 6.07) is 0. The molecular formula is C19H35N5OS. The molecule has 7 heteroatoms. The van der Waals surface area contributed by atoms with E-state index in [1.165, 1.54) is 0 Å². The molecule has 2 heterocycles. The molecule has 148 valence electrons. The Balaban J connectivity index is 1.76. The number of nitrogens with one attached hydrogen (secondary N) is 2. The molecule has 1 unspecified atom stereocenters. The third-order valence-corrected chi connectivity index (χ3v) is 5.14. The standard InChI is InChI=1S/C19H35N5OS/c1-14(2)11-24-7-8-25-15(12-24)9-21-18(20-6)22-10-17-23-16(13-26-17)19(3,4)5/h13-15H,7-12H2,1-6H3,(H2,20,21,22). The van der Waals surface area contributed by atoms with E-state index in [1.807, 2.05) is 0 Å². The minimum Gasteiger partial charge on any atom is -0.374 e. The number of rotatable bonds is 6. The van der Waals surface area contributed by atoms with Crippen molar-refractivity contribution in [2.45, 2.75) is 52.7 Å². The number of morpholine rings is 1. The van der Waals surface area contributed by atoms with Crippen LogP contribution in [0.15, 0.2) is 10.4 Å². The molecule has 1 aliphatic rings. The van der Waals surface area contributed by atoms with Crippen molar-refractivity contribution < 1.29 is 4.74 Å². The van der Waals surface area contributed by atoms with Crippen molar-refractivity contribution in [2.75, 3.05) is 39.8 Å². The van der Waals surface area contributed by atoms with Crippen LogP contribution < -0.4 is 10.6 Å². The largest absolute Gasteiger partial charge is 0.374 e. The summed E-state index contributed by atoms with van der Waals surface area (Å²) in [6.45, 7) is 16.5. The highest BCUT2D eigenvalue weighted by Crippen LogP contribution is 2.23. The first kappa shape index (κ1) is 21.1. The molecule has 1 aliphatic heterocycles. The number of nitrogens with zero attached hydrogens (tertiary/aromatic N) is 3. The van der Waals surface area contributed by atoms with Crippen LogP contribution in [0.5, 0.6) is 0 Å². The normalized spacial score (nSPS) is 19.8. The second-order valence-corrected chi connectivity index (χ2v) is 9.27. The van der Waals surface area contributed by atoms with E-state index in [2.05, 4.69) is 60.5 Å². The van der Waals surface area contributed by atoms with Gasteiger partial charge in [-0.05, 0) is 5.92 Å². The highest BCUT2D eigenvalue weighted by molar-refractivity contribution is 7.09. The summed E-state index contributed by atoms with van der Waals surface area (Å²) in [4.78, 5) is 11.5. The summed E-state index contributed by atoms with van der Waals surface area (Å²) in [6.07, 6.45) is 0.202. The lowest BCUT2D eigenvalue weighted by molar-refractivity contribution is -0.0284. The zero-order valence-corrected chi connectivity index (χ0v) is 17.9. The van der Waals surface area contributed by atoms with E-state index in [4.69, 9.17) is 9.72 Å². The summed E-state index contributed by atoms with van der Waals surface area (Å²) in [5.41, 5.74) is 1.23. The van der Waals surface area contributed by atoms with Crippen LogP contribution in [0.2, 0.25) is 0 Å². The van der Waals surface area contributed by atoms with Crippen LogP contribution in [-0.4, -0.2) is 61.8 Å². The van der Waals surface area contributed by atoms with Gasteiger partial charge in [0.1, 0.15) is 5.01 Å². The van der Waals surface area contributed by atoms with Crippen molar-refractivity contribution in [1.82, 2.24) is 20.5 Å². The zero-order chi connectivity index (χ0) is 19.2. The monoisotopic (exact) mass is 381 g/mol. The fourth-order valence-corrected chi connectivity index (χ4v) is 3.87. The minimum atomic E-state index is 0.0921. The van der Waals surface area contributed by atoms with Crippen LogP contribution in [0.3, 0.4) is 0 Å². The third-order valence-electron chi connectivity index (χ3n) is 4.29. The highest BCUT2D eigenvalue weighted by atomic mass is 32.1. The predicted molar refractivity (Wildman–Crippen MR) is 110 cm³/mol. The molecule has 2 rings (SSSR count). The maximum absolute atomic E-state index is 5.89. The Morgan fingerprint density at radius 1 is 1.42 bits per heavy atom. The third kappa shape index (κ3) is 6.85. The molecule has 0 bridgehead atoms. The van der Waals surface area contributed by atoms with E-state index < -0.39 is 0 Å². The molecule has 26 heavy (non-hydrogen) atoms. The Bertz CT molecular complexity index is 579. The summed E-state index contributed by atoms with van der Waals surface area (Å²) in [5, 5.41) is 9.96. The van der Waals surface area contributed by atoms with Gasteiger partial charge in [-0.2, -0.15) is 0 Å². The summed E-state index contributed by atoms with van der Waals surface area (Å²) in [5.74, 6) is 1.48. The molecule has 1 saturated heterocycles. The van der Waals surface area contributed by atoms with E-state index in [-0.39, 0.29) is 11.5 Å². The number of guanidine groups is 1. The van der Waals surface area contributed by atoms with E-state index >= 15 is 0 Å². The van der Waals surface area contributed by atoms with Gasteiger partial charge in [0.25, 0.3) is 0 Å². The smallest absolute Gasteiger partial charge is 0.191 e. The van der Waals surface area contributed by atoms with Gasteiger partial charge in [-0.1, -0.05) is 34.6 Å². The SMILES string of the molecule is CN=C(NCc1nc(C(C)(C)C)cs1)NCC1CN(CC(C)C)CCO1. The Kier molecular flexibility index (Phi) is 7.85. The quantitative estimate of drug-likeness (QED) is 0.585. The van der Waals surface area contributed by atoms with Crippen molar-refractivity contribution in [3.8, 4) is 0 Å². The molecule has 2 N–H and O–H groups in total. The lowest BCUT2D eigenvalue weighted by Crippen LogP contribution is -2.50. The van der Waals surface area contributed by atoms with Crippen LogP contribution in [0, 0.1) is 5.92 Å². The molecule has 0 aromatic carbocycles. The van der Waals surface area contributed by atoms with Gasteiger partial charge in [-0.3, -0.25) is 9.89 Å². The molecule has 0 aliphatic carbocycles. The Hall–Kier alpha value is -1.18. The fourth-order valence-electron chi connectivity index (χ4n) is 2.91. The number of thiazole rings is 1. The van der Waals surface area contributed by atoms with E-state index in [0.29, 0.717) is 12.5 Å². The fraction of sp³-hybridized carbons (Fsp3) is 0.789. The lowest BCUT2D eigenvalue weighted by atomic mass is 9.93. The summed E-state index contributed by atoms with van der Waals surface area (Å²) < 4.78 is 5.89. The topological polar surface area (TPSA) is 61.8 Å². The highest BCUT2D eigenvalue weighted by Gasteiger charge is 2.21. The van der Waals surface area contributed by atoms with E-state index in [0.717, 1.165) is 49.4 Å². The van der Waals surface area contributed by atoms with Crippen LogP contribution in [0.1, 0.15) is 45.3 Å². The Morgan fingerprint density at radius 2 is 2.19 bits per heavy atom. The van der Waals surface area contributed by atoms with E-state index in [9.17, 15) is 0 Å². The first-order valence-corrected chi connectivity index (χ1v) is 10.4. The van der Waals surface area contributed by atoms with Crippen LogP contribution >= 0.6 is 11.3 Å². The molecule has 1 aromatic heterocycles. The van der Waals surface area contributed by atoms with Crippen LogP contribution in [0.25, 0.3) is 0 Å². The van der Waals surface area contributed by atoms with Gasteiger partial charge in [0.05, 0.1) is 24.9 Å². The number of aromatic nitrogens is 1. The van der Waals surface area contributed by atoms with Gasteiger partial charge in [0, 0.05) is 44.0 Å². The number of hydrogen-bond acceptors (Lipinski definition) is 5. The van der Waals surface area contributed by atoms with Gasteiger partial charge in [0.15, 0.2) is 5.96 Å². The molecule has 6 nitrogen and oxygen atoms in total. The maximum atomic E-state index is 5.89. The van der Waals surface area contributed by atoms with E-state index in [1.54, 1.807) is 18.4 Å². The molecule has 0 saturated carbocycles. The van der Waals surface area contributed by atoms with Crippen molar-refractivity contribution in [1.29, 1.82) is 0 Å². The molecule has 1 atom stereocenters. The molecular weight excluding hydrogens is 346 g/mol. The number of hydrogen-bond donors (Lipinski definition) is 2. The van der Waals surface area contributed by atoms with Crippen LogP contribution in [0.4, 0.5) is 0 Å². The van der Waals surface area contributed by atoms with Gasteiger partial charge < -0.3 is 15.4 Å². The summed E-state index contributed by atoms with van der Waals surface area (Å²) in [7, 11) is 1.80. The average Bonchev–Trinajstić information content (AvgIpc) is 3.04. The van der Waals surface area contributed by atoms with Crippen molar-refractivity contribution in [3.05, 3.63) is 16.1 Å². The molecule has 0 spiro atoms. The summed E-state index contributed by atoms with van der Waals surface area (Å²) >= 11 is 1.69. The van der Waals surface area contributed by atoms with Gasteiger partial charge in [0.2, 0.25) is 0 Å². The zero-order valence-electron chi connectivity index (χ0n) is 17.1. The van der Waals surface area contributed by atoms with Gasteiger partial charge in [-0.25, -0.2) is 4.98 Å². The molecule has 0 amide bonds. The number of ether oxygens (including phenoxy) is 1. The number of aliphatic imine (C=N–C) groups is 1. The molecule has 1 fully saturated rings. The Morgan fingerprint density at radius 3 is 2.81 bits per heavy atom. The maximum Gasteiger partial charge on any atom is 0.191 e. The van der Waals surface area contributed by atoms with Gasteiger partial charge in [-0.15, -0.1) is 11.3 Å². The first-order chi connectivity index (χ1) is 12.3. The van der Waals surface area contributed by atoms with Gasteiger partial charge >= 0.3 is 0 Å². The van der Waals surface area contributed by atoms with Crippen molar-refractivity contribution >= 4 is 17.3 Å². The second kappa shape index (κ2) is 9.67. The Labute approximate surface area is 162 Å². The predicted octanol–water partition coefficient (Wildman–Crippen LogP) is 2.46. The molecule has 1 aromatic rings. The van der Waals surface area contributed by atoms with Crippen molar-refractivity contribution in [2.24, 2.45) is 10.9 Å². The van der Waals surface area contributed by atoms with Crippen molar-refractivity contribution in [3.63, 3.8) is 0 Å². The minimum absolute atomic E-state index is 0.0921. The average molecular weight is 382 g/mol. The first-order valence-electron chi connectivity index (χ1n) is 9.51. The van der Waals surface area contributed by atoms with Crippen LogP contribution in [-0.2, 0) is 16.7 Å².